The van der Waals surface area contributed by atoms with Gasteiger partial charge >= 0.3 is 0 Å². The van der Waals surface area contributed by atoms with Crippen LogP contribution in [-0.2, 0) is 11.3 Å². The van der Waals surface area contributed by atoms with E-state index in [1.54, 1.807) is 0 Å². The minimum absolute atomic E-state index is 0.227. The number of carbonyl (C=O) groups is 1. The first-order valence-corrected chi connectivity index (χ1v) is 8.99. The van der Waals surface area contributed by atoms with Gasteiger partial charge in [0, 0.05) is 18.3 Å². The number of aryl methyl sites for hydroxylation is 1. The van der Waals surface area contributed by atoms with Gasteiger partial charge in [-0.05, 0) is 38.8 Å². The molecule has 6 nitrogen and oxygen atoms in total. The van der Waals surface area contributed by atoms with E-state index < -0.39 is 0 Å². The van der Waals surface area contributed by atoms with E-state index in [2.05, 4.69) is 27.8 Å². The number of ether oxygens (including phenoxy) is 1. The smallest absolute Gasteiger partial charge is 0.286 e. The summed E-state index contributed by atoms with van der Waals surface area (Å²) < 4.78 is 5.66. The standard InChI is InChI=1S/C17H22N4O2S/c1-11-5-7-13(8-6-11)19-16(22)17-21-20-15(24-17)10-18-12(2)14-4-3-9-23-14/h5-8,12,14,18H,3-4,9-10H2,1-2H3,(H,19,22)/t12-,14-/m0/s1. The van der Waals surface area contributed by atoms with Gasteiger partial charge < -0.3 is 15.4 Å². The fourth-order valence-corrected chi connectivity index (χ4v) is 3.30. The second kappa shape index (κ2) is 7.83. The molecule has 1 aliphatic heterocycles. The van der Waals surface area contributed by atoms with Crippen molar-refractivity contribution in [2.75, 3.05) is 11.9 Å². The highest BCUT2D eigenvalue weighted by molar-refractivity contribution is 7.13. The highest BCUT2D eigenvalue weighted by Crippen LogP contribution is 2.17. The zero-order chi connectivity index (χ0) is 16.9. The minimum atomic E-state index is -0.227. The fraction of sp³-hybridized carbons (Fsp3) is 0.471. The van der Waals surface area contributed by atoms with Crippen molar-refractivity contribution in [3.05, 3.63) is 39.8 Å². The molecular weight excluding hydrogens is 324 g/mol. The molecule has 24 heavy (non-hydrogen) atoms. The van der Waals surface area contributed by atoms with Crippen LogP contribution in [0.4, 0.5) is 5.69 Å². The van der Waals surface area contributed by atoms with Gasteiger partial charge in [-0.3, -0.25) is 4.79 Å². The van der Waals surface area contributed by atoms with E-state index in [0.717, 1.165) is 35.7 Å². The average molecular weight is 346 g/mol. The molecule has 1 aromatic heterocycles. The first-order chi connectivity index (χ1) is 11.6. The summed E-state index contributed by atoms with van der Waals surface area (Å²) in [5.74, 6) is -0.227. The lowest BCUT2D eigenvalue weighted by Crippen LogP contribution is -2.36. The Labute approximate surface area is 145 Å². The third-order valence-electron chi connectivity index (χ3n) is 4.07. The van der Waals surface area contributed by atoms with Crippen molar-refractivity contribution in [2.24, 2.45) is 0 Å². The van der Waals surface area contributed by atoms with Crippen LogP contribution in [0.2, 0.25) is 0 Å². The summed E-state index contributed by atoms with van der Waals surface area (Å²) in [6.07, 6.45) is 2.48. The van der Waals surface area contributed by atoms with Gasteiger partial charge in [-0.2, -0.15) is 0 Å². The Hall–Kier alpha value is -1.83. The van der Waals surface area contributed by atoms with Crippen molar-refractivity contribution in [1.82, 2.24) is 15.5 Å². The summed E-state index contributed by atoms with van der Waals surface area (Å²) >= 11 is 1.31. The molecule has 2 N–H and O–H groups in total. The molecule has 0 saturated carbocycles. The quantitative estimate of drug-likeness (QED) is 0.841. The van der Waals surface area contributed by atoms with Gasteiger partial charge in [0.15, 0.2) is 0 Å². The Kier molecular flexibility index (Phi) is 5.55. The number of carbonyl (C=O) groups excluding carboxylic acids is 1. The van der Waals surface area contributed by atoms with E-state index in [9.17, 15) is 4.79 Å². The zero-order valence-corrected chi connectivity index (χ0v) is 14.7. The van der Waals surface area contributed by atoms with Crippen molar-refractivity contribution in [1.29, 1.82) is 0 Å². The molecular formula is C17H22N4O2S. The zero-order valence-electron chi connectivity index (χ0n) is 13.9. The first kappa shape index (κ1) is 17.0. The van der Waals surface area contributed by atoms with E-state index >= 15 is 0 Å². The summed E-state index contributed by atoms with van der Waals surface area (Å²) in [4.78, 5) is 12.2. The largest absolute Gasteiger partial charge is 0.377 e. The Balaban J connectivity index is 1.52. The van der Waals surface area contributed by atoms with E-state index in [-0.39, 0.29) is 18.1 Å². The van der Waals surface area contributed by atoms with Crippen molar-refractivity contribution in [2.45, 2.75) is 45.4 Å². The average Bonchev–Trinajstić information content (AvgIpc) is 3.26. The Morgan fingerprint density at radius 3 is 2.88 bits per heavy atom. The lowest BCUT2D eigenvalue weighted by Gasteiger charge is -2.19. The highest BCUT2D eigenvalue weighted by atomic mass is 32.1. The molecule has 1 amide bonds. The van der Waals surface area contributed by atoms with E-state index in [1.165, 1.54) is 11.3 Å². The summed E-state index contributed by atoms with van der Waals surface area (Å²) in [5.41, 5.74) is 1.91. The number of benzene rings is 1. The molecule has 0 radical (unpaired) electrons. The summed E-state index contributed by atoms with van der Waals surface area (Å²) in [7, 11) is 0. The Morgan fingerprint density at radius 1 is 1.38 bits per heavy atom. The number of hydrogen-bond donors (Lipinski definition) is 2. The van der Waals surface area contributed by atoms with Crippen LogP contribution in [0.1, 0.15) is 40.1 Å². The number of anilines is 1. The van der Waals surface area contributed by atoms with Crippen molar-refractivity contribution in [3.8, 4) is 0 Å². The summed E-state index contributed by atoms with van der Waals surface area (Å²) in [6.45, 7) is 5.56. The van der Waals surface area contributed by atoms with Crippen LogP contribution in [0.5, 0.6) is 0 Å². The van der Waals surface area contributed by atoms with E-state index in [0.29, 0.717) is 11.6 Å². The number of amides is 1. The molecule has 0 spiro atoms. The van der Waals surface area contributed by atoms with Gasteiger partial charge in [-0.25, -0.2) is 0 Å². The predicted octanol–water partition coefficient (Wildman–Crippen LogP) is 2.76. The van der Waals surface area contributed by atoms with Crippen LogP contribution in [0.3, 0.4) is 0 Å². The molecule has 2 aromatic rings. The van der Waals surface area contributed by atoms with Crippen LogP contribution in [-0.4, -0.2) is 34.9 Å². The lowest BCUT2D eigenvalue weighted by molar-refractivity contribution is 0.0832. The van der Waals surface area contributed by atoms with Crippen LogP contribution >= 0.6 is 11.3 Å². The number of nitrogens with one attached hydrogen (secondary N) is 2. The molecule has 2 atom stereocenters. The highest BCUT2D eigenvalue weighted by Gasteiger charge is 2.22. The number of hydrogen-bond acceptors (Lipinski definition) is 6. The van der Waals surface area contributed by atoms with Gasteiger partial charge in [0.1, 0.15) is 5.01 Å². The Bertz CT molecular complexity index is 680. The van der Waals surface area contributed by atoms with Gasteiger partial charge in [-0.15, -0.1) is 10.2 Å². The third kappa shape index (κ3) is 4.37. The minimum Gasteiger partial charge on any atom is -0.377 e. The van der Waals surface area contributed by atoms with Crippen LogP contribution in [0.15, 0.2) is 24.3 Å². The second-order valence-electron chi connectivity index (χ2n) is 6.04. The van der Waals surface area contributed by atoms with Gasteiger partial charge in [0.05, 0.1) is 12.6 Å². The second-order valence-corrected chi connectivity index (χ2v) is 7.10. The maximum atomic E-state index is 12.2. The van der Waals surface area contributed by atoms with Crippen LogP contribution in [0, 0.1) is 6.92 Å². The SMILES string of the molecule is Cc1ccc(NC(=O)c2nnc(CN[C@@H](C)[C@@H]3CCCO3)s2)cc1. The maximum Gasteiger partial charge on any atom is 0.286 e. The number of nitrogens with zero attached hydrogens (tertiary/aromatic N) is 2. The van der Waals surface area contributed by atoms with Crippen LogP contribution < -0.4 is 10.6 Å². The van der Waals surface area contributed by atoms with Gasteiger partial charge in [0.25, 0.3) is 5.91 Å². The monoisotopic (exact) mass is 346 g/mol. The van der Waals surface area contributed by atoms with Gasteiger partial charge in [-0.1, -0.05) is 29.0 Å². The molecule has 1 saturated heterocycles. The molecule has 7 heteroatoms. The molecule has 0 unspecified atom stereocenters. The lowest BCUT2D eigenvalue weighted by atomic mass is 10.1. The maximum absolute atomic E-state index is 12.2. The van der Waals surface area contributed by atoms with E-state index in [4.69, 9.17) is 4.74 Å². The molecule has 1 aromatic carbocycles. The number of aromatic nitrogens is 2. The molecule has 2 heterocycles. The molecule has 3 rings (SSSR count). The normalized spacial score (nSPS) is 18.5. The number of rotatable bonds is 6. The fourth-order valence-electron chi connectivity index (χ4n) is 2.61. The Morgan fingerprint density at radius 2 is 2.17 bits per heavy atom. The van der Waals surface area contributed by atoms with Crippen molar-refractivity contribution in [3.63, 3.8) is 0 Å². The molecule has 0 bridgehead atoms. The predicted molar refractivity (Wildman–Crippen MR) is 94.3 cm³/mol. The van der Waals surface area contributed by atoms with E-state index in [1.807, 2.05) is 31.2 Å². The van der Waals surface area contributed by atoms with Crippen molar-refractivity contribution >= 4 is 22.9 Å². The van der Waals surface area contributed by atoms with Gasteiger partial charge in [0.2, 0.25) is 5.01 Å². The van der Waals surface area contributed by atoms with Crippen molar-refractivity contribution < 1.29 is 9.53 Å². The summed E-state index contributed by atoms with van der Waals surface area (Å²) in [6, 6.07) is 7.93. The molecule has 128 valence electrons. The summed E-state index contributed by atoms with van der Waals surface area (Å²) in [5, 5.41) is 15.5. The van der Waals surface area contributed by atoms with Crippen LogP contribution in [0.25, 0.3) is 0 Å². The first-order valence-electron chi connectivity index (χ1n) is 8.17. The molecule has 0 aliphatic carbocycles. The molecule has 1 aliphatic rings. The third-order valence-corrected chi connectivity index (χ3v) is 4.99. The molecule has 1 fully saturated rings. The topological polar surface area (TPSA) is 76.1 Å².